The van der Waals surface area contributed by atoms with E-state index in [1.54, 1.807) is 6.07 Å². The molecular formula is C14H15ClN4O2. The summed E-state index contributed by atoms with van der Waals surface area (Å²) < 4.78 is 0. The number of nitrogens with zero attached hydrogens (tertiary/aromatic N) is 3. The van der Waals surface area contributed by atoms with Crippen molar-refractivity contribution in [2.24, 2.45) is 0 Å². The van der Waals surface area contributed by atoms with Crippen molar-refractivity contribution in [3.8, 4) is 11.4 Å². The molecule has 1 aromatic carbocycles. The van der Waals surface area contributed by atoms with Gasteiger partial charge >= 0.3 is 6.09 Å². The molecule has 7 heteroatoms. The Morgan fingerprint density at radius 3 is 2.71 bits per heavy atom. The van der Waals surface area contributed by atoms with E-state index in [0.717, 1.165) is 24.2 Å². The van der Waals surface area contributed by atoms with Crippen LogP contribution in [0.25, 0.3) is 11.4 Å². The van der Waals surface area contributed by atoms with E-state index in [2.05, 4.69) is 15.2 Å². The number of piperidine rings is 1. The highest BCUT2D eigenvalue weighted by Gasteiger charge is 2.25. The molecule has 1 fully saturated rings. The zero-order chi connectivity index (χ0) is 14.8. The van der Waals surface area contributed by atoms with Crippen LogP contribution in [-0.2, 0) is 0 Å². The molecule has 0 aliphatic carbocycles. The summed E-state index contributed by atoms with van der Waals surface area (Å²) in [5.74, 6) is 1.59. The van der Waals surface area contributed by atoms with E-state index in [1.165, 1.54) is 4.90 Å². The van der Waals surface area contributed by atoms with Gasteiger partial charge in [-0.2, -0.15) is 5.10 Å². The second kappa shape index (κ2) is 5.73. The highest BCUT2D eigenvalue weighted by Crippen LogP contribution is 2.29. The fourth-order valence-corrected chi connectivity index (χ4v) is 2.78. The Hall–Kier alpha value is -2.08. The number of aromatic nitrogens is 3. The van der Waals surface area contributed by atoms with Gasteiger partial charge in [0.2, 0.25) is 0 Å². The number of carboxylic acid groups (broad SMARTS) is 1. The third kappa shape index (κ3) is 2.85. The van der Waals surface area contributed by atoms with Gasteiger partial charge in [0, 0.05) is 24.6 Å². The second-order valence-electron chi connectivity index (χ2n) is 5.07. The van der Waals surface area contributed by atoms with Crippen LogP contribution in [0.1, 0.15) is 24.6 Å². The molecule has 0 saturated carbocycles. The van der Waals surface area contributed by atoms with Crippen molar-refractivity contribution < 1.29 is 9.90 Å². The molecule has 21 heavy (non-hydrogen) atoms. The SMILES string of the molecule is O=C(O)N1CCC(c2nc(-c3ccccc3Cl)n[nH]2)CC1. The third-order valence-electron chi connectivity index (χ3n) is 3.77. The largest absolute Gasteiger partial charge is 0.465 e. The summed E-state index contributed by atoms with van der Waals surface area (Å²) >= 11 is 6.14. The fraction of sp³-hybridized carbons (Fsp3) is 0.357. The first-order valence-corrected chi connectivity index (χ1v) is 7.18. The van der Waals surface area contributed by atoms with Crippen LogP contribution < -0.4 is 0 Å². The molecule has 0 radical (unpaired) electrons. The molecule has 0 bridgehead atoms. The average Bonchev–Trinajstić information content (AvgIpc) is 2.97. The van der Waals surface area contributed by atoms with E-state index < -0.39 is 6.09 Å². The van der Waals surface area contributed by atoms with E-state index in [0.29, 0.717) is 23.9 Å². The Morgan fingerprint density at radius 2 is 2.05 bits per heavy atom. The molecule has 2 aromatic rings. The molecule has 2 heterocycles. The van der Waals surface area contributed by atoms with Crippen molar-refractivity contribution in [1.29, 1.82) is 0 Å². The minimum atomic E-state index is -0.859. The number of aromatic amines is 1. The number of hydrogen-bond acceptors (Lipinski definition) is 3. The maximum atomic E-state index is 10.9. The maximum Gasteiger partial charge on any atom is 0.407 e. The molecule has 1 amide bonds. The summed E-state index contributed by atoms with van der Waals surface area (Å²) in [5, 5.41) is 16.8. The lowest BCUT2D eigenvalue weighted by Crippen LogP contribution is -2.37. The number of benzene rings is 1. The smallest absolute Gasteiger partial charge is 0.407 e. The topological polar surface area (TPSA) is 82.1 Å². The van der Waals surface area contributed by atoms with Gasteiger partial charge in [-0.15, -0.1) is 0 Å². The van der Waals surface area contributed by atoms with Crippen molar-refractivity contribution in [3.63, 3.8) is 0 Å². The van der Waals surface area contributed by atoms with E-state index in [1.807, 2.05) is 18.2 Å². The fourth-order valence-electron chi connectivity index (χ4n) is 2.56. The molecule has 2 N–H and O–H groups in total. The van der Waals surface area contributed by atoms with Gasteiger partial charge in [-0.25, -0.2) is 9.78 Å². The van der Waals surface area contributed by atoms with Gasteiger partial charge < -0.3 is 10.0 Å². The average molecular weight is 307 g/mol. The molecule has 1 aliphatic rings. The number of halogens is 1. The normalized spacial score (nSPS) is 16.1. The highest BCUT2D eigenvalue weighted by molar-refractivity contribution is 6.33. The summed E-state index contributed by atoms with van der Waals surface area (Å²) in [6.45, 7) is 1.06. The number of carbonyl (C=O) groups is 1. The van der Waals surface area contributed by atoms with Crippen LogP contribution in [0, 0.1) is 0 Å². The van der Waals surface area contributed by atoms with Crippen LogP contribution in [0.4, 0.5) is 4.79 Å². The Morgan fingerprint density at radius 1 is 1.33 bits per heavy atom. The number of H-pyrrole nitrogens is 1. The molecular weight excluding hydrogens is 292 g/mol. The minimum absolute atomic E-state index is 0.212. The van der Waals surface area contributed by atoms with Crippen molar-refractivity contribution in [1.82, 2.24) is 20.1 Å². The lowest BCUT2D eigenvalue weighted by Gasteiger charge is -2.28. The highest BCUT2D eigenvalue weighted by atomic mass is 35.5. The first kappa shape index (κ1) is 13.9. The first-order chi connectivity index (χ1) is 10.1. The van der Waals surface area contributed by atoms with E-state index in [9.17, 15) is 4.79 Å². The summed E-state index contributed by atoms with van der Waals surface area (Å²) in [5.41, 5.74) is 0.796. The van der Waals surface area contributed by atoms with Gasteiger partial charge in [0.1, 0.15) is 5.82 Å². The van der Waals surface area contributed by atoms with Crippen molar-refractivity contribution in [2.45, 2.75) is 18.8 Å². The first-order valence-electron chi connectivity index (χ1n) is 6.80. The van der Waals surface area contributed by atoms with Crippen LogP contribution in [0.2, 0.25) is 5.02 Å². The van der Waals surface area contributed by atoms with Crippen LogP contribution in [0.3, 0.4) is 0 Å². The summed E-state index contributed by atoms with van der Waals surface area (Å²) in [7, 11) is 0. The number of hydrogen-bond donors (Lipinski definition) is 2. The minimum Gasteiger partial charge on any atom is -0.465 e. The molecule has 6 nitrogen and oxygen atoms in total. The molecule has 0 unspecified atom stereocenters. The van der Waals surface area contributed by atoms with Gasteiger partial charge in [-0.05, 0) is 25.0 Å². The Labute approximate surface area is 126 Å². The van der Waals surface area contributed by atoms with E-state index in [4.69, 9.17) is 16.7 Å². The molecule has 3 rings (SSSR count). The zero-order valence-electron chi connectivity index (χ0n) is 11.3. The quantitative estimate of drug-likeness (QED) is 0.893. The van der Waals surface area contributed by atoms with Crippen molar-refractivity contribution in [3.05, 3.63) is 35.1 Å². The Bertz CT molecular complexity index is 650. The van der Waals surface area contributed by atoms with Crippen molar-refractivity contribution in [2.75, 3.05) is 13.1 Å². The Kier molecular flexibility index (Phi) is 3.79. The number of likely N-dealkylation sites (tertiary alicyclic amines) is 1. The van der Waals surface area contributed by atoms with Gasteiger partial charge in [-0.3, -0.25) is 5.10 Å². The lowest BCUT2D eigenvalue weighted by atomic mass is 9.96. The molecule has 1 aromatic heterocycles. The molecule has 0 spiro atoms. The summed E-state index contributed by atoms with van der Waals surface area (Å²) in [6, 6.07) is 7.43. The van der Waals surface area contributed by atoms with Gasteiger partial charge in [-0.1, -0.05) is 23.7 Å². The van der Waals surface area contributed by atoms with Crippen LogP contribution in [0.5, 0.6) is 0 Å². The molecule has 110 valence electrons. The summed E-state index contributed by atoms with van der Waals surface area (Å²) in [4.78, 5) is 16.8. The van der Waals surface area contributed by atoms with E-state index in [-0.39, 0.29) is 5.92 Å². The van der Waals surface area contributed by atoms with Gasteiger partial charge in [0.25, 0.3) is 0 Å². The number of rotatable bonds is 2. The summed E-state index contributed by atoms with van der Waals surface area (Å²) in [6.07, 6.45) is 0.648. The van der Waals surface area contributed by atoms with Crippen molar-refractivity contribution >= 4 is 17.7 Å². The number of nitrogens with one attached hydrogen (secondary N) is 1. The molecule has 1 aliphatic heterocycles. The molecule has 0 atom stereocenters. The van der Waals surface area contributed by atoms with Crippen LogP contribution in [-0.4, -0.2) is 44.4 Å². The predicted molar refractivity (Wildman–Crippen MR) is 78.4 cm³/mol. The maximum absolute atomic E-state index is 10.9. The van der Waals surface area contributed by atoms with Gasteiger partial charge in [0.15, 0.2) is 5.82 Å². The standard InChI is InChI=1S/C14H15ClN4O2/c15-11-4-2-1-3-10(11)13-16-12(17-18-13)9-5-7-19(8-6-9)14(20)21/h1-4,9H,5-8H2,(H,20,21)(H,16,17,18). The monoisotopic (exact) mass is 306 g/mol. The van der Waals surface area contributed by atoms with E-state index >= 15 is 0 Å². The van der Waals surface area contributed by atoms with Crippen LogP contribution >= 0.6 is 11.6 Å². The third-order valence-corrected chi connectivity index (χ3v) is 4.10. The van der Waals surface area contributed by atoms with Gasteiger partial charge in [0.05, 0.1) is 5.02 Å². The lowest BCUT2D eigenvalue weighted by molar-refractivity contribution is 0.131. The number of amides is 1. The predicted octanol–water partition coefficient (Wildman–Crippen LogP) is 2.98. The van der Waals surface area contributed by atoms with Crippen LogP contribution in [0.15, 0.2) is 24.3 Å². The zero-order valence-corrected chi connectivity index (χ0v) is 12.0. The molecule has 1 saturated heterocycles. The second-order valence-corrected chi connectivity index (χ2v) is 5.48. The Balaban J connectivity index is 1.74.